The third kappa shape index (κ3) is 2.39. The van der Waals surface area contributed by atoms with Gasteiger partial charge < -0.3 is 5.11 Å². The molecule has 1 fully saturated rings. The van der Waals surface area contributed by atoms with E-state index >= 15 is 0 Å². The number of aliphatic hydroxyl groups excluding tert-OH is 1. The average molecular weight is 258 g/mol. The summed E-state index contributed by atoms with van der Waals surface area (Å²) in [6.45, 7) is 5.14. The summed E-state index contributed by atoms with van der Waals surface area (Å²) in [5.74, 6) is 1.13. The van der Waals surface area contributed by atoms with Gasteiger partial charge in [-0.3, -0.25) is 4.68 Å². The van der Waals surface area contributed by atoms with E-state index in [1.165, 1.54) is 23.7 Å². The van der Waals surface area contributed by atoms with Crippen LogP contribution in [0.5, 0.6) is 0 Å². The molecule has 0 radical (unpaired) electrons. The summed E-state index contributed by atoms with van der Waals surface area (Å²) in [6.07, 6.45) is 2.96. The summed E-state index contributed by atoms with van der Waals surface area (Å²) in [4.78, 5) is 0. The molecule has 0 amide bonds. The lowest BCUT2D eigenvalue weighted by molar-refractivity contribution is 0.104. The Hall–Kier alpha value is -1.35. The Balaban J connectivity index is 1.87. The molecule has 2 unspecified atom stereocenters. The molecule has 0 bridgehead atoms. The molecule has 3 heteroatoms. The zero-order chi connectivity index (χ0) is 13.4. The highest BCUT2D eigenvalue weighted by molar-refractivity contribution is 5.82. The van der Waals surface area contributed by atoms with Crippen molar-refractivity contribution in [3.05, 3.63) is 30.0 Å². The molecule has 1 N–H and O–H groups in total. The monoisotopic (exact) mass is 258 g/mol. The van der Waals surface area contributed by atoms with Crippen molar-refractivity contribution in [2.75, 3.05) is 0 Å². The van der Waals surface area contributed by atoms with E-state index in [1.807, 2.05) is 16.8 Å². The lowest BCUT2D eigenvalue weighted by Crippen LogP contribution is -2.22. The number of fused-ring (bicyclic) bond motifs is 1. The Morgan fingerprint density at radius 2 is 2.11 bits per heavy atom. The van der Waals surface area contributed by atoms with Crippen LogP contribution in [0.25, 0.3) is 10.9 Å². The van der Waals surface area contributed by atoms with Crippen LogP contribution in [-0.2, 0) is 13.0 Å². The van der Waals surface area contributed by atoms with Gasteiger partial charge in [-0.05, 0) is 37.7 Å². The predicted octanol–water partition coefficient (Wildman–Crippen LogP) is 3.01. The highest BCUT2D eigenvalue weighted by Crippen LogP contribution is 2.39. The van der Waals surface area contributed by atoms with Gasteiger partial charge in [0.15, 0.2) is 0 Å². The van der Waals surface area contributed by atoms with E-state index in [0.717, 1.165) is 18.2 Å². The molecule has 1 aromatic heterocycles. The molecule has 1 aliphatic carbocycles. The number of aliphatic hydroxyl groups is 1. The first-order valence-corrected chi connectivity index (χ1v) is 7.33. The number of aromatic nitrogens is 2. The average Bonchev–Trinajstić information content (AvgIpc) is 3.22. The van der Waals surface area contributed by atoms with Crippen LogP contribution in [0, 0.1) is 11.8 Å². The number of benzene rings is 1. The Kier molecular flexibility index (Phi) is 3.31. The third-order valence-electron chi connectivity index (χ3n) is 4.41. The second-order valence-corrected chi connectivity index (χ2v) is 5.75. The Morgan fingerprint density at radius 3 is 2.79 bits per heavy atom. The first-order valence-electron chi connectivity index (χ1n) is 7.33. The summed E-state index contributed by atoms with van der Waals surface area (Å²) in [5, 5.41) is 16.2. The smallest absolute Gasteiger partial charge is 0.0729 e. The van der Waals surface area contributed by atoms with Gasteiger partial charge >= 0.3 is 0 Å². The lowest BCUT2D eigenvalue weighted by Gasteiger charge is -2.17. The molecule has 3 rings (SSSR count). The first kappa shape index (κ1) is 12.7. The first-order chi connectivity index (χ1) is 9.20. The summed E-state index contributed by atoms with van der Waals surface area (Å²) >= 11 is 0. The number of nitrogens with zero attached hydrogens (tertiary/aromatic N) is 2. The lowest BCUT2D eigenvalue weighted by atomic mass is 9.95. The third-order valence-corrected chi connectivity index (χ3v) is 4.41. The van der Waals surface area contributed by atoms with Gasteiger partial charge in [0.1, 0.15) is 0 Å². The standard InChI is InChI=1S/C16H22N2O/c1-3-18-15-7-5-4-6-13(15)14(17-18)10-16(19)11(2)12-8-9-12/h4-7,11-12,16,19H,3,8-10H2,1-2H3. The number of rotatable bonds is 5. The zero-order valence-electron chi connectivity index (χ0n) is 11.7. The topological polar surface area (TPSA) is 38.0 Å². The fraction of sp³-hybridized carbons (Fsp3) is 0.562. The van der Waals surface area contributed by atoms with Gasteiger partial charge in [-0.2, -0.15) is 5.10 Å². The van der Waals surface area contributed by atoms with Gasteiger partial charge in [-0.15, -0.1) is 0 Å². The van der Waals surface area contributed by atoms with Gasteiger partial charge in [0.05, 0.1) is 17.3 Å². The van der Waals surface area contributed by atoms with Gasteiger partial charge in [0.25, 0.3) is 0 Å². The molecule has 1 aromatic carbocycles. The zero-order valence-corrected chi connectivity index (χ0v) is 11.7. The molecule has 1 saturated carbocycles. The van der Waals surface area contributed by atoms with Crippen molar-refractivity contribution in [2.24, 2.45) is 11.8 Å². The molecule has 3 nitrogen and oxygen atoms in total. The number of hydrogen-bond acceptors (Lipinski definition) is 2. The summed E-state index contributed by atoms with van der Waals surface area (Å²) in [5.41, 5.74) is 2.21. The van der Waals surface area contributed by atoms with Crippen molar-refractivity contribution in [2.45, 2.75) is 45.8 Å². The van der Waals surface area contributed by atoms with Crippen molar-refractivity contribution < 1.29 is 5.11 Å². The van der Waals surface area contributed by atoms with E-state index < -0.39 is 0 Å². The van der Waals surface area contributed by atoms with Crippen LogP contribution in [-0.4, -0.2) is 21.0 Å². The molecular formula is C16H22N2O. The second-order valence-electron chi connectivity index (χ2n) is 5.75. The van der Waals surface area contributed by atoms with Gasteiger partial charge in [0.2, 0.25) is 0 Å². The Labute approximate surface area is 114 Å². The number of aryl methyl sites for hydroxylation is 1. The van der Waals surface area contributed by atoms with Crippen LogP contribution in [0.15, 0.2) is 24.3 Å². The number of para-hydroxylation sites is 1. The van der Waals surface area contributed by atoms with E-state index in [4.69, 9.17) is 0 Å². The Bertz CT molecular complexity index is 571. The minimum Gasteiger partial charge on any atom is -0.392 e. The van der Waals surface area contributed by atoms with E-state index in [0.29, 0.717) is 12.3 Å². The maximum Gasteiger partial charge on any atom is 0.0729 e. The molecular weight excluding hydrogens is 236 g/mol. The van der Waals surface area contributed by atoms with Crippen LogP contribution in [0.4, 0.5) is 0 Å². The highest BCUT2D eigenvalue weighted by atomic mass is 16.3. The van der Waals surface area contributed by atoms with E-state index in [9.17, 15) is 5.11 Å². The van der Waals surface area contributed by atoms with Crippen LogP contribution < -0.4 is 0 Å². The molecule has 0 aliphatic heterocycles. The predicted molar refractivity (Wildman–Crippen MR) is 77.0 cm³/mol. The van der Waals surface area contributed by atoms with Crippen molar-refractivity contribution in [1.82, 2.24) is 9.78 Å². The Morgan fingerprint density at radius 1 is 1.37 bits per heavy atom. The minimum atomic E-state index is -0.267. The SMILES string of the molecule is CCn1nc(CC(O)C(C)C2CC2)c2ccccc21. The molecule has 0 saturated heterocycles. The maximum absolute atomic E-state index is 10.4. The molecule has 1 heterocycles. The fourth-order valence-electron chi connectivity index (χ4n) is 2.91. The molecule has 2 aromatic rings. The van der Waals surface area contributed by atoms with Gasteiger partial charge in [0, 0.05) is 18.4 Å². The van der Waals surface area contributed by atoms with E-state index in [-0.39, 0.29) is 6.10 Å². The van der Waals surface area contributed by atoms with Crippen molar-refractivity contribution in [3.63, 3.8) is 0 Å². The fourth-order valence-corrected chi connectivity index (χ4v) is 2.91. The van der Waals surface area contributed by atoms with Crippen LogP contribution in [0.2, 0.25) is 0 Å². The van der Waals surface area contributed by atoms with Crippen molar-refractivity contribution in [1.29, 1.82) is 0 Å². The van der Waals surface area contributed by atoms with Gasteiger partial charge in [-0.1, -0.05) is 25.1 Å². The minimum absolute atomic E-state index is 0.267. The second kappa shape index (κ2) is 4.97. The maximum atomic E-state index is 10.4. The summed E-state index contributed by atoms with van der Waals surface area (Å²) < 4.78 is 2.03. The van der Waals surface area contributed by atoms with Crippen molar-refractivity contribution in [3.8, 4) is 0 Å². The molecule has 102 valence electrons. The van der Waals surface area contributed by atoms with E-state index in [2.05, 4.69) is 31.1 Å². The quantitative estimate of drug-likeness (QED) is 0.895. The summed E-state index contributed by atoms with van der Waals surface area (Å²) in [6, 6.07) is 8.30. The van der Waals surface area contributed by atoms with E-state index in [1.54, 1.807) is 0 Å². The van der Waals surface area contributed by atoms with Crippen LogP contribution in [0.1, 0.15) is 32.4 Å². The molecule has 1 aliphatic rings. The van der Waals surface area contributed by atoms with Crippen molar-refractivity contribution >= 4 is 10.9 Å². The molecule has 19 heavy (non-hydrogen) atoms. The van der Waals surface area contributed by atoms with Crippen LogP contribution in [0.3, 0.4) is 0 Å². The van der Waals surface area contributed by atoms with Crippen LogP contribution >= 0.6 is 0 Å². The number of hydrogen-bond donors (Lipinski definition) is 1. The molecule has 2 atom stereocenters. The normalized spacial score (nSPS) is 18.7. The summed E-state index contributed by atoms with van der Waals surface area (Å²) in [7, 11) is 0. The molecule has 0 spiro atoms. The highest BCUT2D eigenvalue weighted by Gasteiger charge is 2.33. The van der Waals surface area contributed by atoms with Gasteiger partial charge in [-0.25, -0.2) is 0 Å². The largest absolute Gasteiger partial charge is 0.392 e.